The third-order valence-corrected chi connectivity index (χ3v) is 3.50. The molecule has 4 nitrogen and oxygen atoms in total. The maximum atomic E-state index is 11.6. The molecule has 0 aliphatic heterocycles. The first-order valence-electron chi connectivity index (χ1n) is 6.95. The number of aromatic hydroxyl groups is 1. The van der Waals surface area contributed by atoms with Crippen LogP contribution >= 0.6 is 11.6 Å². The molecule has 0 spiro atoms. The summed E-state index contributed by atoms with van der Waals surface area (Å²) in [4.78, 5) is 16.1. The molecule has 0 radical (unpaired) electrons. The molecule has 0 fully saturated rings. The average molecular weight is 325 g/mol. The molecule has 2 aromatic carbocycles. The molecular formula is C18H13ClN2O2. The van der Waals surface area contributed by atoms with Crippen molar-refractivity contribution in [2.45, 2.75) is 0 Å². The number of rotatable bonds is 3. The summed E-state index contributed by atoms with van der Waals surface area (Å²) in [5, 5.41) is 12.9. The number of carbonyl (C=O) groups excluding carboxylic acids is 1. The maximum Gasteiger partial charge on any atom is 0.180 e. The van der Waals surface area contributed by atoms with Crippen LogP contribution in [0, 0.1) is 0 Å². The Balaban J connectivity index is 1.93. The lowest BCUT2D eigenvalue weighted by molar-refractivity contribution is -0.110. The second-order valence-electron chi connectivity index (χ2n) is 4.92. The number of para-hydroxylation sites is 1. The molecule has 0 saturated carbocycles. The Hall–Kier alpha value is -2.85. The van der Waals surface area contributed by atoms with Crippen LogP contribution in [0.3, 0.4) is 0 Å². The van der Waals surface area contributed by atoms with E-state index in [1.165, 1.54) is 18.2 Å². The maximum absolute atomic E-state index is 11.6. The molecule has 0 amide bonds. The highest BCUT2D eigenvalue weighted by Gasteiger charge is 2.12. The first-order chi connectivity index (χ1) is 11.1. The van der Waals surface area contributed by atoms with E-state index in [4.69, 9.17) is 11.6 Å². The molecule has 2 aromatic rings. The molecule has 5 heteroatoms. The Morgan fingerprint density at radius 2 is 1.83 bits per heavy atom. The van der Waals surface area contributed by atoms with Crippen LogP contribution in [-0.4, -0.2) is 16.6 Å². The minimum atomic E-state index is -0.105. The van der Waals surface area contributed by atoms with Crippen molar-refractivity contribution < 1.29 is 9.90 Å². The number of benzene rings is 2. The number of phenols is 1. The lowest BCUT2D eigenvalue weighted by Crippen LogP contribution is -2.15. The number of anilines is 1. The third-order valence-electron chi connectivity index (χ3n) is 3.20. The molecule has 2 N–H and O–H groups in total. The third kappa shape index (κ3) is 3.67. The summed E-state index contributed by atoms with van der Waals surface area (Å²) in [6, 6.07) is 14.2. The Bertz CT molecular complexity index is 839. The largest absolute Gasteiger partial charge is 0.506 e. The van der Waals surface area contributed by atoms with Gasteiger partial charge >= 0.3 is 0 Å². The van der Waals surface area contributed by atoms with E-state index in [2.05, 4.69) is 10.3 Å². The smallest absolute Gasteiger partial charge is 0.180 e. The highest BCUT2D eigenvalue weighted by Crippen LogP contribution is 2.28. The quantitative estimate of drug-likeness (QED) is 0.829. The molecule has 3 rings (SSSR count). The molecular weight excluding hydrogens is 312 g/mol. The van der Waals surface area contributed by atoms with Gasteiger partial charge in [0.1, 0.15) is 5.75 Å². The van der Waals surface area contributed by atoms with Crippen LogP contribution in [0.5, 0.6) is 5.75 Å². The van der Waals surface area contributed by atoms with Gasteiger partial charge in [-0.2, -0.15) is 0 Å². The zero-order valence-electron chi connectivity index (χ0n) is 12.0. The zero-order chi connectivity index (χ0) is 16.2. The fourth-order valence-electron chi connectivity index (χ4n) is 2.09. The van der Waals surface area contributed by atoms with Crippen molar-refractivity contribution in [2.24, 2.45) is 4.99 Å². The number of ketones is 1. The Morgan fingerprint density at radius 3 is 2.57 bits per heavy atom. The number of carbonyl (C=O) groups is 1. The van der Waals surface area contributed by atoms with Gasteiger partial charge in [0.2, 0.25) is 0 Å². The molecule has 0 heterocycles. The summed E-state index contributed by atoms with van der Waals surface area (Å²) in [6.07, 6.45) is 4.60. The molecule has 0 unspecified atom stereocenters. The van der Waals surface area contributed by atoms with E-state index in [-0.39, 0.29) is 16.6 Å². The number of halogens is 1. The van der Waals surface area contributed by atoms with Gasteiger partial charge in [-0.15, -0.1) is 0 Å². The van der Waals surface area contributed by atoms with Gasteiger partial charge in [-0.25, -0.2) is 4.99 Å². The molecule has 0 atom stereocenters. The summed E-state index contributed by atoms with van der Waals surface area (Å²) in [7, 11) is 0. The highest BCUT2D eigenvalue weighted by molar-refractivity contribution is 6.32. The standard InChI is InChI=1S/C18H13ClN2O2/c19-15-10-13(6-9-18(15)23)21-16-8-7-14(22)11-17(16)20-12-4-2-1-3-5-12/h1-11,20,23H/b21-16+. The number of allylic oxidation sites excluding steroid dienone is 3. The van der Waals surface area contributed by atoms with Gasteiger partial charge < -0.3 is 10.4 Å². The number of hydrogen-bond acceptors (Lipinski definition) is 4. The predicted molar refractivity (Wildman–Crippen MR) is 92.5 cm³/mol. The van der Waals surface area contributed by atoms with Gasteiger partial charge in [-0.3, -0.25) is 4.79 Å². The SMILES string of the molecule is O=C1C=C/C(=N\c2ccc(O)c(Cl)c2)C(Nc2ccccc2)=C1. The van der Waals surface area contributed by atoms with E-state index in [1.807, 2.05) is 30.3 Å². The number of nitrogens with one attached hydrogen (secondary N) is 1. The lowest BCUT2D eigenvalue weighted by atomic mass is 10.1. The fraction of sp³-hybridized carbons (Fsp3) is 0. The van der Waals surface area contributed by atoms with Gasteiger partial charge in [-0.1, -0.05) is 29.8 Å². The van der Waals surface area contributed by atoms with Crippen molar-refractivity contribution in [3.8, 4) is 5.75 Å². The van der Waals surface area contributed by atoms with E-state index in [1.54, 1.807) is 18.2 Å². The fourth-order valence-corrected chi connectivity index (χ4v) is 2.27. The average Bonchev–Trinajstić information content (AvgIpc) is 2.54. The van der Waals surface area contributed by atoms with Crippen molar-refractivity contribution in [2.75, 3.05) is 5.32 Å². The summed E-state index contributed by atoms with van der Waals surface area (Å²) in [5.74, 6) is -0.103. The number of nitrogens with zero attached hydrogens (tertiary/aromatic N) is 1. The zero-order valence-corrected chi connectivity index (χ0v) is 12.8. The minimum Gasteiger partial charge on any atom is -0.506 e. The Labute approximate surface area is 138 Å². The normalized spacial score (nSPS) is 15.6. The van der Waals surface area contributed by atoms with Crippen LogP contribution in [0.2, 0.25) is 5.02 Å². The van der Waals surface area contributed by atoms with Crippen molar-refractivity contribution in [1.29, 1.82) is 0 Å². The summed E-state index contributed by atoms with van der Waals surface area (Å²) in [6.45, 7) is 0. The van der Waals surface area contributed by atoms with Gasteiger partial charge in [0, 0.05) is 11.8 Å². The van der Waals surface area contributed by atoms with Crippen molar-refractivity contribution >= 4 is 34.5 Å². The van der Waals surface area contributed by atoms with Gasteiger partial charge in [0.15, 0.2) is 5.78 Å². The van der Waals surface area contributed by atoms with Crippen LogP contribution in [-0.2, 0) is 4.79 Å². The second kappa shape index (κ2) is 6.50. The molecule has 0 bridgehead atoms. The molecule has 114 valence electrons. The van der Waals surface area contributed by atoms with Crippen molar-refractivity contribution in [3.63, 3.8) is 0 Å². The molecule has 0 saturated heterocycles. The summed E-state index contributed by atoms with van der Waals surface area (Å²) < 4.78 is 0. The van der Waals surface area contributed by atoms with E-state index in [9.17, 15) is 9.90 Å². The second-order valence-corrected chi connectivity index (χ2v) is 5.32. The Morgan fingerprint density at radius 1 is 1.04 bits per heavy atom. The molecule has 1 aliphatic carbocycles. The Kier molecular flexibility index (Phi) is 4.26. The molecule has 1 aliphatic rings. The van der Waals surface area contributed by atoms with Crippen LogP contribution in [0.4, 0.5) is 11.4 Å². The first kappa shape index (κ1) is 15.1. The van der Waals surface area contributed by atoms with Crippen LogP contribution in [0.25, 0.3) is 0 Å². The minimum absolute atomic E-state index is 0.00292. The summed E-state index contributed by atoms with van der Waals surface area (Å²) >= 11 is 5.90. The number of phenolic OH excluding ortho intramolecular Hbond substituents is 1. The lowest BCUT2D eigenvalue weighted by Gasteiger charge is -2.14. The van der Waals surface area contributed by atoms with E-state index >= 15 is 0 Å². The number of aliphatic imine (C=N–C) groups is 1. The van der Waals surface area contributed by atoms with E-state index in [0.717, 1.165) is 5.69 Å². The van der Waals surface area contributed by atoms with Crippen LogP contribution in [0.1, 0.15) is 0 Å². The number of hydrogen-bond donors (Lipinski definition) is 2. The molecule has 0 aromatic heterocycles. The van der Waals surface area contributed by atoms with Gasteiger partial charge in [0.25, 0.3) is 0 Å². The first-order valence-corrected chi connectivity index (χ1v) is 7.33. The van der Waals surface area contributed by atoms with Crippen molar-refractivity contribution in [3.05, 3.63) is 77.5 Å². The molecule has 23 heavy (non-hydrogen) atoms. The van der Waals surface area contributed by atoms with Gasteiger partial charge in [-0.05, 0) is 42.5 Å². The van der Waals surface area contributed by atoms with Crippen LogP contribution in [0.15, 0.2) is 77.4 Å². The topological polar surface area (TPSA) is 61.7 Å². The predicted octanol–water partition coefficient (Wildman–Crippen LogP) is 4.25. The van der Waals surface area contributed by atoms with E-state index in [0.29, 0.717) is 17.1 Å². The van der Waals surface area contributed by atoms with E-state index < -0.39 is 0 Å². The monoisotopic (exact) mass is 324 g/mol. The van der Waals surface area contributed by atoms with Crippen LogP contribution < -0.4 is 5.32 Å². The van der Waals surface area contributed by atoms with Gasteiger partial charge in [0.05, 0.1) is 22.1 Å². The highest BCUT2D eigenvalue weighted by atomic mass is 35.5. The van der Waals surface area contributed by atoms with Crippen molar-refractivity contribution in [1.82, 2.24) is 0 Å². The summed E-state index contributed by atoms with van der Waals surface area (Å²) in [5.41, 5.74) is 2.66.